The van der Waals surface area contributed by atoms with Crippen molar-refractivity contribution in [1.82, 2.24) is 0 Å². The maximum Gasteiger partial charge on any atom is 0.263 e. The number of anilines is 1. The summed E-state index contributed by atoms with van der Waals surface area (Å²) in [6.45, 7) is 4.17. The Morgan fingerprint density at radius 2 is 1.54 bits per heavy atom. The first-order valence-electron chi connectivity index (χ1n) is 7.32. The Bertz CT molecular complexity index is 817. The second-order valence-electron chi connectivity index (χ2n) is 5.52. The van der Waals surface area contributed by atoms with Crippen LogP contribution < -0.4 is 14.2 Å². The second-order valence-corrected chi connectivity index (χ2v) is 8.02. The van der Waals surface area contributed by atoms with Gasteiger partial charge in [0.05, 0.1) is 14.2 Å². The number of rotatable bonds is 6. The largest absolute Gasteiger partial charge is 0.493 e. The standard InChI is InChI=1S/C17H20BrNO4S/c1-11(2)12-5-7-13(8-6-12)19-24(20,21)17-10-16(23-4)15(22-3)9-14(17)18/h5-11,19H,1-4H3. The summed E-state index contributed by atoms with van der Waals surface area (Å²) in [5.41, 5.74) is 1.64. The van der Waals surface area contributed by atoms with Gasteiger partial charge in [-0.15, -0.1) is 0 Å². The molecule has 0 saturated heterocycles. The zero-order valence-electron chi connectivity index (χ0n) is 14.0. The molecule has 0 unspecified atom stereocenters. The zero-order chi connectivity index (χ0) is 17.9. The molecule has 0 aliphatic rings. The fourth-order valence-electron chi connectivity index (χ4n) is 2.19. The van der Waals surface area contributed by atoms with E-state index in [0.29, 0.717) is 27.6 Å². The number of hydrogen-bond acceptors (Lipinski definition) is 4. The van der Waals surface area contributed by atoms with Crippen LogP contribution in [0.15, 0.2) is 45.8 Å². The minimum Gasteiger partial charge on any atom is -0.493 e. The summed E-state index contributed by atoms with van der Waals surface area (Å²) in [4.78, 5) is 0.0769. The summed E-state index contributed by atoms with van der Waals surface area (Å²) in [7, 11) is -0.815. The fraction of sp³-hybridized carbons (Fsp3) is 0.294. The third-order valence-electron chi connectivity index (χ3n) is 3.56. The molecule has 0 bridgehead atoms. The van der Waals surface area contributed by atoms with Crippen LogP contribution in [0.25, 0.3) is 0 Å². The van der Waals surface area contributed by atoms with Crippen molar-refractivity contribution in [3.8, 4) is 11.5 Å². The van der Waals surface area contributed by atoms with Gasteiger partial charge in [0, 0.05) is 16.2 Å². The van der Waals surface area contributed by atoms with Gasteiger partial charge in [0.1, 0.15) is 4.90 Å². The summed E-state index contributed by atoms with van der Waals surface area (Å²) in [5, 5.41) is 0. The van der Waals surface area contributed by atoms with E-state index in [2.05, 4.69) is 34.5 Å². The van der Waals surface area contributed by atoms with E-state index in [0.717, 1.165) is 5.56 Å². The highest BCUT2D eigenvalue weighted by molar-refractivity contribution is 9.10. The van der Waals surface area contributed by atoms with E-state index in [-0.39, 0.29) is 4.90 Å². The van der Waals surface area contributed by atoms with Gasteiger partial charge < -0.3 is 9.47 Å². The lowest BCUT2D eigenvalue weighted by molar-refractivity contribution is 0.353. The van der Waals surface area contributed by atoms with E-state index in [1.807, 2.05) is 12.1 Å². The molecule has 130 valence electrons. The lowest BCUT2D eigenvalue weighted by Gasteiger charge is -2.14. The average Bonchev–Trinajstić information content (AvgIpc) is 2.54. The van der Waals surface area contributed by atoms with Crippen molar-refractivity contribution >= 4 is 31.6 Å². The summed E-state index contributed by atoms with van der Waals surface area (Å²) < 4.78 is 38.7. The Labute approximate surface area is 151 Å². The number of nitrogens with one attached hydrogen (secondary N) is 1. The Balaban J connectivity index is 2.36. The van der Waals surface area contributed by atoms with Gasteiger partial charge in [-0.1, -0.05) is 26.0 Å². The normalized spacial score (nSPS) is 11.4. The highest BCUT2D eigenvalue weighted by Gasteiger charge is 2.21. The molecule has 5 nitrogen and oxygen atoms in total. The Morgan fingerprint density at radius 1 is 1.00 bits per heavy atom. The molecule has 2 rings (SSSR count). The predicted molar refractivity (Wildman–Crippen MR) is 98.6 cm³/mol. The maximum atomic E-state index is 12.7. The molecular formula is C17H20BrNO4S. The van der Waals surface area contributed by atoms with Crippen LogP contribution in [0.2, 0.25) is 0 Å². The third kappa shape index (κ3) is 4.02. The van der Waals surface area contributed by atoms with Gasteiger partial charge in [-0.3, -0.25) is 4.72 Å². The summed E-state index contributed by atoms with van der Waals surface area (Å²) in [6, 6.07) is 10.3. The molecule has 2 aromatic carbocycles. The average molecular weight is 414 g/mol. The van der Waals surface area contributed by atoms with E-state index in [1.165, 1.54) is 20.3 Å². The van der Waals surface area contributed by atoms with Crippen molar-refractivity contribution in [2.75, 3.05) is 18.9 Å². The fourth-order valence-corrected chi connectivity index (χ4v) is 4.28. The maximum absolute atomic E-state index is 12.7. The first-order chi connectivity index (χ1) is 11.3. The SMILES string of the molecule is COc1cc(Br)c(S(=O)(=O)Nc2ccc(C(C)C)cc2)cc1OC. The van der Waals surface area contributed by atoms with Gasteiger partial charge in [0.2, 0.25) is 0 Å². The minimum absolute atomic E-state index is 0.0769. The highest BCUT2D eigenvalue weighted by atomic mass is 79.9. The predicted octanol–water partition coefficient (Wildman–Crippen LogP) is 4.39. The highest BCUT2D eigenvalue weighted by Crippen LogP contribution is 2.36. The van der Waals surface area contributed by atoms with Gasteiger partial charge in [-0.2, -0.15) is 0 Å². The molecule has 7 heteroatoms. The first kappa shape index (κ1) is 18.6. The molecule has 1 N–H and O–H groups in total. The van der Waals surface area contributed by atoms with Gasteiger partial charge in [0.25, 0.3) is 10.0 Å². The minimum atomic E-state index is -3.77. The molecule has 0 atom stereocenters. The van der Waals surface area contributed by atoms with Crippen molar-refractivity contribution in [3.63, 3.8) is 0 Å². The number of methoxy groups -OCH3 is 2. The quantitative estimate of drug-likeness (QED) is 0.762. The summed E-state index contributed by atoms with van der Waals surface area (Å²) in [6.07, 6.45) is 0. The lowest BCUT2D eigenvalue weighted by atomic mass is 10.0. The van der Waals surface area contributed by atoms with Crippen LogP contribution in [0.3, 0.4) is 0 Å². The van der Waals surface area contributed by atoms with E-state index >= 15 is 0 Å². The van der Waals surface area contributed by atoms with E-state index in [1.54, 1.807) is 18.2 Å². The first-order valence-corrected chi connectivity index (χ1v) is 9.60. The van der Waals surface area contributed by atoms with Gasteiger partial charge in [-0.25, -0.2) is 8.42 Å². The molecule has 0 fully saturated rings. The van der Waals surface area contributed by atoms with Crippen molar-refractivity contribution in [3.05, 3.63) is 46.4 Å². The van der Waals surface area contributed by atoms with Crippen LogP contribution in [0.4, 0.5) is 5.69 Å². The van der Waals surface area contributed by atoms with Crippen LogP contribution >= 0.6 is 15.9 Å². The van der Waals surface area contributed by atoms with Crippen LogP contribution in [0.5, 0.6) is 11.5 Å². The van der Waals surface area contributed by atoms with Gasteiger partial charge in [0.15, 0.2) is 11.5 Å². The van der Waals surface area contributed by atoms with Crippen LogP contribution in [0.1, 0.15) is 25.3 Å². The number of benzene rings is 2. The zero-order valence-corrected chi connectivity index (χ0v) is 16.4. The molecule has 0 amide bonds. The Kier molecular flexibility index (Phi) is 5.77. The number of hydrogen-bond donors (Lipinski definition) is 1. The molecule has 0 aliphatic carbocycles. The van der Waals surface area contributed by atoms with Crippen molar-refractivity contribution in [2.45, 2.75) is 24.7 Å². The van der Waals surface area contributed by atoms with Crippen LogP contribution in [-0.2, 0) is 10.0 Å². The Hall–Kier alpha value is -1.73. The van der Waals surface area contributed by atoms with Gasteiger partial charge >= 0.3 is 0 Å². The van der Waals surface area contributed by atoms with Crippen molar-refractivity contribution in [1.29, 1.82) is 0 Å². The number of halogens is 1. The molecule has 0 aromatic heterocycles. The summed E-state index contributed by atoms with van der Waals surface area (Å²) in [5.74, 6) is 1.18. The monoisotopic (exact) mass is 413 g/mol. The summed E-state index contributed by atoms with van der Waals surface area (Å²) >= 11 is 3.28. The molecule has 0 radical (unpaired) electrons. The molecule has 24 heavy (non-hydrogen) atoms. The Morgan fingerprint density at radius 3 is 2.04 bits per heavy atom. The van der Waals surface area contributed by atoms with Crippen LogP contribution in [-0.4, -0.2) is 22.6 Å². The number of sulfonamides is 1. The molecule has 0 spiro atoms. The lowest BCUT2D eigenvalue weighted by Crippen LogP contribution is -2.14. The molecule has 0 heterocycles. The molecule has 0 saturated carbocycles. The topological polar surface area (TPSA) is 64.6 Å². The second kappa shape index (κ2) is 7.44. The van der Waals surface area contributed by atoms with Gasteiger partial charge in [-0.05, 0) is 45.6 Å². The number of ether oxygens (including phenoxy) is 2. The third-order valence-corrected chi connectivity index (χ3v) is 5.90. The van der Waals surface area contributed by atoms with E-state index in [4.69, 9.17) is 9.47 Å². The van der Waals surface area contributed by atoms with Crippen molar-refractivity contribution < 1.29 is 17.9 Å². The molecule has 2 aromatic rings. The van der Waals surface area contributed by atoms with Crippen molar-refractivity contribution in [2.24, 2.45) is 0 Å². The van der Waals surface area contributed by atoms with E-state index in [9.17, 15) is 8.42 Å². The van der Waals surface area contributed by atoms with E-state index < -0.39 is 10.0 Å². The molecule has 0 aliphatic heterocycles. The van der Waals surface area contributed by atoms with Crippen LogP contribution in [0, 0.1) is 0 Å². The smallest absolute Gasteiger partial charge is 0.263 e. The molecular weight excluding hydrogens is 394 g/mol.